The highest BCUT2D eigenvalue weighted by atomic mass is 16.2. The molecular formula is C20H22N2O2. The van der Waals surface area contributed by atoms with E-state index in [4.69, 9.17) is 0 Å². The molecule has 1 atom stereocenters. The molecule has 0 aliphatic carbocycles. The van der Waals surface area contributed by atoms with Gasteiger partial charge in [0, 0.05) is 12.2 Å². The Morgan fingerprint density at radius 1 is 1.00 bits per heavy atom. The van der Waals surface area contributed by atoms with Crippen molar-refractivity contribution in [3.63, 3.8) is 0 Å². The minimum Gasteiger partial charge on any atom is -0.325 e. The van der Waals surface area contributed by atoms with Crippen LogP contribution < -0.4 is 4.90 Å². The second-order valence-corrected chi connectivity index (χ2v) is 6.16. The zero-order chi connectivity index (χ0) is 17.1. The van der Waals surface area contributed by atoms with E-state index in [1.54, 1.807) is 9.80 Å². The zero-order valence-corrected chi connectivity index (χ0v) is 14.1. The lowest BCUT2D eigenvalue weighted by atomic mass is 10.00. The van der Waals surface area contributed by atoms with Crippen molar-refractivity contribution in [2.75, 3.05) is 18.0 Å². The van der Waals surface area contributed by atoms with Gasteiger partial charge in [-0.1, -0.05) is 55.0 Å². The molecule has 2 amide bonds. The molecule has 1 aliphatic rings. The lowest BCUT2D eigenvalue weighted by molar-refractivity contribution is -0.143. The molecule has 0 bridgehead atoms. The normalized spacial score (nSPS) is 18.2. The number of piperazine rings is 1. The van der Waals surface area contributed by atoms with Crippen LogP contribution in [0.5, 0.6) is 0 Å². The van der Waals surface area contributed by atoms with Crippen LogP contribution in [-0.2, 0) is 9.59 Å². The average Bonchev–Trinajstić information content (AvgIpc) is 2.60. The molecule has 0 radical (unpaired) electrons. The predicted octanol–water partition coefficient (Wildman–Crippen LogP) is 3.32. The van der Waals surface area contributed by atoms with Crippen LogP contribution in [0.2, 0.25) is 0 Å². The Bertz CT molecular complexity index is 725. The maximum atomic E-state index is 13.2. The Hall–Kier alpha value is -2.62. The summed E-state index contributed by atoms with van der Waals surface area (Å²) in [7, 11) is 0. The first-order chi connectivity index (χ1) is 11.6. The number of nitrogens with zero attached hydrogens (tertiary/aromatic N) is 2. The minimum atomic E-state index is -0.547. The van der Waals surface area contributed by atoms with Gasteiger partial charge >= 0.3 is 0 Å². The molecule has 2 aromatic rings. The molecule has 4 nitrogen and oxygen atoms in total. The number of carbonyl (C=O) groups excluding carboxylic acids is 2. The van der Waals surface area contributed by atoms with Crippen molar-refractivity contribution in [2.45, 2.75) is 26.3 Å². The van der Waals surface area contributed by atoms with Crippen molar-refractivity contribution < 1.29 is 9.59 Å². The molecule has 1 saturated heterocycles. The number of hydrogen-bond donors (Lipinski definition) is 0. The molecule has 0 saturated carbocycles. The van der Waals surface area contributed by atoms with Crippen molar-refractivity contribution >= 4 is 17.5 Å². The summed E-state index contributed by atoms with van der Waals surface area (Å²) in [6, 6.07) is 16.7. The summed E-state index contributed by atoms with van der Waals surface area (Å²) >= 11 is 0. The summed E-state index contributed by atoms with van der Waals surface area (Å²) in [6.07, 6.45) is 0.826. The minimum absolute atomic E-state index is 0.00845. The van der Waals surface area contributed by atoms with Gasteiger partial charge in [0.2, 0.25) is 5.91 Å². The molecule has 1 heterocycles. The van der Waals surface area contributed by atoms with Crippen molar-refractivity contribution in [1.29, 1.82) is 0 Å². The molecule has 4 heteroatoms. The maximum Gasteiger partial charge on any atom is 0.254 e. The summed E-state index contributed by atoms with van der Waals surface area (Å²) < 4.78 is 0. The van der Waals surface area contributed by atoms with Gasteiger partial charge in [-0.25, -0.2) is 0 Å². The van der Waals surface area contributed by atoms with Crippen LogP contribution in [0.15, 0.2) is 54.6 Å². The second kappa shape index (κ2) is 6.87. The van der Waals surface area contributed by atoms with Gasteiger partial charge in [0.15, 0.2) is 0 Å². The molecule has 1 fully saturated rings. The van der Waals surface area contributed by atoms with Crippen molar-refractivity contribution in [3.8, 4) is 0 Å². The van der Waals surface area contributed by atoms with Gasteiger partial charge in [-0.2, -0.15) is 0 Å². The first-order valence-electron chi connectivity index (χ1n) is 8.34. The highest BCUT2D eigenvalue weighted by molar-refractivity contribution is 6.06. The van der Waals surface area contributed by atoms with Crippen LogP contribution in [-0.4, -0.2) is 29.8 Å². The number of rotatable bonds is 4. The van der Waals surface area contributed by atoms with Crippen LogP contribution in [0, 0.1) is 6.92 Å². The second-order valence-electron chi connectivity index (χ2n) is 6.16. The third kappa shape index (κ3) is 3.04. The molecule has 0 spiro atoms. The molecular weight excluding hydrogens is 300 g/mol. The fourth-order valence-electron chi connectivity index (χ4n) is 3.12. The summed E-state index contributed by atoms with van der Waals surface area (Å²) in [5.74, 6) is -0.0519. The highest BCUT2D eigenvalue weighted by Gasteiger charge is 2.40. The van der Waals surface area contributed by atoms with E-state index in [0.717, 1.165) is 23.2 Å². The lowest BCUT2D eigenvalue weighted by Gasteiger charge is -2.40. The van der Waals surface area contributed by atoms with E-state index in [0.29, 0.717) is 6.54 Å². The highest BCUT2D eigenvalue weighted by Crippen LogP contribution is 2.30. The molecule has 1 aliphatic heterocycles. The lowest BCUT2D eigenvalue weighted by Crippen LogP contribution is -2.55. The van der Waals surface area contributed by atoms with Crippen LogP contribution in [0.1, 0.15) is 30.5 Å². The largest absolute Gasteiger partial charge is 0.325 e. The fourth-order valence-corrected chi connectivity index (χ4v) is 3.12. The molecule has 0 aromatic heterocycles. The number of anilines is 1. The number of aryl methyl sites for hydroxylation is 1. The topological polar surface area (TPSA) is 40.6 Å². The Morgan fingerprint density at radius 2 is 1.67 bits per heavy atom. The Morgan fingerprint density at radius 3 is 2.29 bits per heavy atom. The van der Waals surface area contributed by atoms with Gasteiger partial charge in [-0.05, 0) is 31.0 Å². The third-order valence-corrected chi connectivity index (χ3v) is 4.35. The van der Waals surface area contributed by atoms with Gasteiger partial charge in [0.05, 0.1) is 0 Å². The van der Waals surface area contributed by atoms with Crippen molar-refractivity contribution in [1.82, 2.24) is 4.90 Å². The summed E-state index contributed by atoms with van der Waals surface area (Å²) in [5.41, 5.74) is 2.76. The van der Waals surface area contributed by atoms with E-state index < -0.39 is 6.04 Å². The van der Waals surface area contributed by atoms with Crippen LogP contribution in [0.3, 0.4) is 0 Å². The maximum absolute atomic E-state index is 13.2. The SMILES string of the molecule is CCCN1C(=O)CN(c2ccc(C)cc2)C(=O)[C@@H]1c1ccccc1. The smallest absolute Gasteiger partial charge is 0.254 e. The molecule has 0 unspecified atom stereocenters. The molecule has 124 valence electrons. The Balaban J connectivity index is 1.99. The Kier molecular flexibility index (Phi) is 4.65. The van der Waals surface area contributed by atoms with E-state index in [1.165, 1.54) is 0 Å². The summed E-state index contributed by atoms with van der Waals surface area (Å²) in [4.78, 5) is 29.2. The van der Waals surface area contributed by atoms with Gasteiger partial charge in [-0.15, -0.1) is 0 Å². The first kappa shape index (κ1) is 16.2. The predicted molar refractivity (Wildman–Crippen MR) is 94.7 cm³/mol. The summed E-state index contributed by atoms with van der Waals surface area (Å²) in [5, 5.41) is 0. The van der Waals surface area contributed by atoms with E-state index in [9.17, 15) is 9.59 Å². The van der Waals surface area contributed by atoms with Crippen molar-refractivity contribution in [2.24, 2.45) is 0 Å². The molecule has 24 heavy (non-hydrogen) atoms. The fraction of sp³-hybridized carbons (Fsp3) is 0.300. The molecule has 0 N–H and O–H groups in total. The number of amides is 2. The summed E-state index contributed by atoms with van der Waals surface area (Å²) in [6.45, 7) is 4.71. The van der Waals surface area contributed by atoms with E-state index >= 15 is 0 Å². The first-order valence-corrected chi connectivity index (χ1v) is 8.34. The van der Waals surface area contributed by atoms with Crippen molar-refractivity contribution in [3.05, 3.63) is 65.7 Å². The van der Waals surface area contributed by atoms with Gasteiger partial charge in [0.25, 0.3) is 5.91 Å². The van der Waals surface area contributed by atoms with E-state index in [1.807, 2.05) is 68.4 Å². The zero-order valence-electron chi connectivity index (χ0n) is 14.1. The third-order valence-electron chi connectivity index (χ3n) is 4.35. The van der Waals surface area contributed by atoms with Gasteiger partial charge in [-0.3, -0.25) is 9.59 Å². The molecule has 3 rings (SSSR count). The number of carbonyl (C=O) groups is 2. The van der Waals surface area contributed by atoms with Crippen LogP contribution >= 0.6 is 0 Å². The number of hydrogen-bond acceptors (Lipinski definition) is 2. The standard InChI is InChI=1S/C20H22N2O2/c1-3-13-21-18(23)14-22(17-11-9-15(2)10-12-17)20(24)19(21)16-7-5-4-6-8-16/h4-12,19H,3,13-14H2,1-2H3/t19-/m0/s1. The monoisotopic (exact) mass is 322 g/mol. The van der Waals surface area contributed by atoms with E-state index in [-0.39, 0.29) is 18.4 Å². The average molecular weight is 322 g/mol. The molecule has 2 aromatic carbocycles. The van der Waals surface area contributed by atoms with Crippen LogP contribution in [0.25, 0.3) is 0 Å². The quantitative estimate of drug-likeness (QED) is 0.866. The van der Waals surface area contributed by atoms with Crippen LogP contribution in [0.4, 0.5) is 5.69 Å². The van der Waals surface area contributed by atoms with Gasteiger partial charge < -0.3 is 9.80 Å². The Labute approximate surface area is 142 Å². The van der Waals surface area contributed by atoms with E-state index in [2.05, 4.69) is 0 Å². The number of benzene rings is 2. The van der Waals surface area contributed by atoms with Gasteiger partial charge in [0.1, 0.15) is 12.6 Å².